The fraction of sp³-hybridized carbons (Fsp3) is 0.273. The second-order valence-electron chi connectivity index (χ2n) is 10.3. The van der Waals surface area contributed by atoms with Gasteiger partial charge in [0, 0.05) is 52.7 Å². The van der Waals surface area contributed by atoms with Gasteiger partial charge in [0.2, 0.25) is 20.4 Å². The van der Waals surface area contributed by atoms with Gasteiger partial charge in [0.25, 0.3) is 0 Å². The van der Waals surface area contributed by atoms with Gasteiger partial charge in [-0.3, -0.25) is 0 Å². The molecule has 216 valence electrons. The normalized spacial score (nSPS) is 16.6. The zero-order valence-electron chi connectivity index (χ0n) is 23.0. The summed E-state index contributed by atoms with van der Waals surface area (Å²) in [5.74, 6) is 9.34. The van der Waals surface area contributed by atoms with Crippen LogP contribution in [0.15, 0.2) is 72.8 Å². The highest BCUT2D eigenvalue weighted by atomic mass is 32.2. The van der Waals surface area contributed by atoms with Crippen molar-refractivity contribution in [1.82, 2.24) is 0 Å². The van der Waals surface area contributed by atoms with Crippen LogP contribution in [0.2, 0.25) is 0 Å². The van der Waals surface area contributed by atoms with Crippen LogP contribution in [0, 0.1) is 0 Å². The van der Waals surface area contributed by atoms with Crippen molar-refractivity contribution in [3.05, 3.63) is 106 Å². The molecule has 4 heterocycles. The number of hydrogen-bond acceptors (Lipinski definition) is 9. The van der Waals surface area contributed by atoms with Crippen molar-refractivity contribution < 1.29 is 28.4 Å². The van der Waals surface area contributed by atoms with E-state index in [4.69, 9.17) is 28.4 Å². The van der Waals surface area contributed by atoms with Crippen molar-refractivity contribution in [2.75, 3.05) is 20.4 Å². The molecule has 0 aromatic heterocycles. The summed E-state index contributed by atoms with van der Waals surface area (Å²) in [6, 6.07) is 25.0. The number of benzene rings is 4. The van der Waals surface area contributed by atoms with Crippen LogP contribution < -0.4 is 28.4 Å². The topological polar surface area (TPSA) is 55.4 Å². The van der Waals surface area contributed by atoms with E-state index in [1.807, 2.05) is 53.5 Å². The van der Waals surface area contributed by atoms with Crippen LogP contribution in [0.25, 0.3) is 0 Å². The molecule has 4 aliphatic heterocycles. The van der Waals surface area contributed by atoms with E-state index in [1.54, 1.807) is 0 Å². The standard InChI is InChI=1S/C33H30O6S3/c1-22-2-24-3-23(1)14-41-17-26-5-29-11-31(7-26)37-21-39-33-9-27(18-42-15-24)8-32(12-33)38-20-36-30-6-25(16-40-13-22)4-28(10-30)34-19-35-29/h1-12H,13-21H2. The Bertz CT molecular complexity index is 1120. The molecule has 0 aliphatic carbocycles. The van der Waals surface area contributed by atoms with E-state index >= 15 is 0 Å². The summed E-state index contributed by atoms with van der Waals surface area (Å²) < 4.78 is 36.4. The van der Waals surface area contributed by atoms with Crippen LogP contribution in [-0.4, -0.2) is 20.4 Å². The Morgan fingerprint density at radius 2 is 0.500 bits per heavy atom. The third-order valence-electron chi connectivity index (χ3n) is 6.90. The molecule has 0 amide bonds. The summed E-state index contributed by atoms with van der Waals surface area (Å²) in [7, 11) is 0. The molecule has 4 aliphatic rings. The van der Waals surface area contributed by atoms with Crippen LogP contribution in [0.4, 0.5) is 0 Å². The maximum absolute atomic E-state index is 6.07. The number of rotatable bonds is 0. The molecule has 4 aromatic rings. The summed E-state index contributed by atoms with van der Waals surface area (Å²) in [5, 5.41) is 0. The first kappa shape index (κ1) is 27.6. The van der Waals surface area contributed by atoms with Crippen LogP contribution in [0.3, 0.4) is 0 Å². The zero-order valence-corrected chi connectivity index (χ0v) is 25.4. The van der Waals surface area contributed by atoms with E-state index in [0.717, 1.165) is 51.2 Å². The molecule has 12 bridgehead atoms. The van der Waals surface area contributed by atoms with Crippen LogP contribution in [0.5, 0.6) is 34.5 Å². The monoisotopic (exact) mass is 618 g/mol. The lowest BCUT2D eigenvalue weighted by molar-refractivity contribution is 0.106. The minimum absolute atomic E-state index is 0.0533. The van der Waals surface area contributed by atoms with E-state index in [2.05, 4.69) is 54.6 Å². The summed E-state index contributed by atoms with van der Waals surface area (Å²) in [4.78, 5) is 0. The minimum Gasteiger partial charge on any atom is -0.457 e. The lowest BCUT2D eigenvalue weighted by Gasteiger charge is -2.17. The van der Waals surface area contributed by atoms with Gasteiger partial charge in [-0.25, -0.2) is 0 Å². The van der Waals surface area contributed by atoms with Crippen molar-refractivity contribution >= 4 is 35.3 Å². The predicted octanol–water partition coefficient (Wildman–Crippen LogP) is 8.17. The molecule has 42 heavy (non-hydrogen) atoms. The Morgan fingerprint density at radius 3 is 0.738 bits per heavy atom. The van der Waals surface area contributed by atoms with Crippen LogP contribution in [0.1, 0.15) is 33.4 Å². The van der Waals surface area contributed by atoms with Gasteiger partial charge in [0.05, 0.1) is 0 Å². The van der Waals surface area contributed by atoms with Crippen LogP contribution >= 0.6 is 35.3 Å². The molecular formula is C33H30O6S3. The van der Waals surface area contributed by atoms with Gasteiger partial charge >= 0.3 is 0 Å². The molecule has 8 rings (SSSR count). The highest BCUT2D eigenvalue weighted by Crippen LogP contribution is 2.33. The molecule has 0 fully saturated rings. The second-order valence-corrected chi connectivity index (χ2v) is 13.3. The summed E-state index contributed by atoms with van der Waals surface area (Å²) >= 11 is 5.67. The molecule has 0 N–H and O–H groups in total. The Labute approximate surface area is 258 Å². The first-order valence-corrected chi connectivity index (χ1v) is 17.2. The van der Waals surface area contributed by atoms with E-state index in [9.17, 15) is 0 Å². The van der Waals surface area contributed by atoms with Gasteiger partial charge < -0.3 is 28.4 Å². The summed E-state index contributed by atoms with van der Waals surface area (Å²) in [6.45, 7) is 0.160. The number of ether oxygens (including phenoxy) is 6. The maximum atomic E-state index is 6.07. The van der Waals surface area contributed by atoms with Crippen molar-refractivity contribution in [2.24, 2.45) is 0 Å². The largest absolute Gasteiger partial charge is 0.457 e. The molecule has 9 heteroatoms. The van der Waals surface area contributed by atoms with Gasteiger partial charge in [-0.2, -0.15) is 35.3 Å². The maximum Gasteiger partial charge on any atom is 0.230 e. The lowest BCUT2D eigenvalue weighted by Crippen LogP contribution is -2.10. The number of fused-ring (bicyclic) bond motifs is 12. The quantitative estimate of drug-likeness (QED) is 0.194. The molecule has 0 saturated heterocycles. The lowest BCUT2D eigenvalue weighted by atomic mass is 10.1. The van der Waals surface area contributed by atoms with Gasteiger partial charge in [-0.1, -0.05) is 18.2 Å². The Balaban J connectivity index is 1.35. The third-order valence-corrected chi connectivity index (χ3v) is 10.1. The minimum atomic E-state index is 0.0533. The van der Waals surface area contributed by atoms with Gasteiger partial charge in [-0.15, -0.1) is 0 Å². The SMILES string of the molecule is c1c2cc3cc1CSCc1cc4cc(c1)OCOc1cc(cc(c1)OCOc1cc(cc(c1)OCO4)CSC2)CSC3. The van der Waals surface area contributed by atoms with Crippen molar-refractivity contribution in [2.45, 2.75) is 34.5 Å². The van der Waals surface area contributed by atoms with E-state index in [-0.39, 0.29) is 20.4 Å². The van der Waals surface area contributed by atoms with Crippen molar-refractivity contribution in [3.8, 4) is 34.5 Å². The Morgan fingerprint density at radius 1 is 0.286 bits per heavy atom. The van der Waals surface area contributed by atoms with Gasteiger partial charge in [-0.05, 0) is 69.8 Å². The molecule has 6 nitrogen and oxygen atoms in total. The predicted molar refractivity (Wildman–Crippen MR) is 169 cm³/mol. The van der Waals surface area contributed by atoms with E-state index < -0.39 is 0 Å². The molecular weight excluding hydrogens is 589 g/mol. The highest BCUT2D eigenvalue weighted by molar-refractivity contribution is 7.98. The molecule has 0 atom stereocenters. The first-order chi connectivity index (χ1) is 20.7. The Kier molecular flexibility index (Phi) is 8.49. The summed E-state index contributed by atoms with van der Waals surface area (Å²) in [6.07, 6.45) is 0. The molecule has 4 aromatic carbocycles. The molecule has 0 unspecified atom stereocenters. The van der Waals surface area contributed by atoms with E-state index in [0.29, 0.717) is 34.5 Å². The highest BCUT2D eigenvalue weighted by Gasteiger charge is 2.12. The van der Waals surface area contributed by atoms with Gasteiger partial charge in [0.1, 0.15) is 34.5 Å². The molecule has 0 saturated carbocycles. The van der Waals surface area contributed by atoms with Crippen LogP contribution in [-0.2, 0) is 34.5 Å². The zero-order chi connectivity index (χ0) is 28.1. The van der Waals surface area contributed by atoms with Crippen molar-refractivity contribution in [3.63, 3.8) is 0 Å². The third kappa shape index (κ3) is 7.19. The fourth-order valence-corrected chi connectivity index (χ4v) is 7.81. The molecule has 0 radical (unpaired) electrons. The number of hydrogen-bond donors (Lipinski definition) is 0. The van der Waals surface area contributed by atoms with Crippen molar-refractivity contribution in [1.29, 1.82) is 0 Å². The first-order valence-electron chi connectivity index (χ1n) is 13.7. The number of thioether (sulfide) groups is 3. The second kappa shape index (κ2) is 12.9. The molecule has 0 spiro atoms. The van der Waals surface area contributed by atoms with Gasteiger partial charge in [0.15, 0.2) is 0 Å². The fourth-order valence-electron chi connectivity index (χ4n) is 5.09. The Hall–Kier alpha value is -3.27. The summed E-state index contributed by atoms with van der Waals surface area (Å²) in [5.41, 5.74) is 7.40. The average Bonchev–Trinajstić information content (AvgIpc) is 2.96. The van der Waals surface area contributed by atoms with E-state index in [1.165, 1.54) is 16.7 Å². The average molecular weight is 619 g/mol. The smallest absolute Gasteiger partial charge is 0.230 e.